The Morgan fingerprint density at radius 3 is 2.42 bits per heavy atom. The van der Waals surface area contributed by atoms with E-state index in [1.807, 2.05) is 0 Å². The van der Waals surface area contributed by atoms with Crippen molar-refractivity contribution in [1.29, 1.82) is 0 Å². The molecule has 1 unspecified atom stereocenters. The van der Waals surface area contributed by atoms with Crippen LogP contribution in [0.5, 0.6) is 0 Å². The van der Waals surface area contributed by atoms with Crippen LogP contribution in [-0.4, -0.2) is 65.7 Å². The molecule has 2 heterocycles. The van der Waals surface area contributed by atoms with Gasteiger partial charge in [-0.1, -0.05) is 0 Å². The van der Waals surface area contributed by atoms with Crippen LogP contribution in [0.1, 0.15) is 45.4 Å². The summed E-state index contributed by atoms with van der Waals surface area (Å²) >= 11 is 0. The van der Waals surface area contributed by atoms with Crippen molar-refractivity contribution < 1.29 is 24.2 Å². The lowest BCUT2D eigenvalue weighted by Crippen LogP contribution is -2.43. The van der Waals surface area contributed by atoms with Gasteiger partial charge in [0.2, 0.25) is 5.91 Å². The highest BCUT2D eigenvalue weighted by atomic mass is 16.5. The van der Waals surface area contributed by atoms with Gasteiger partial charge in [-0.15, -0.1) is 0 Å². The van der Waals surface area contributed by atoms with E-state index in [2.05, 4.69) is 0 Å². The fraction of sp³-hybridized carbons (Fsp3) is 0.824. The third-order valence-electron chi connectivity index (χ3n) is 5.05. The van der Waals surface area contributed by atoms with Gasteiger partial charge in [0.25, 0.3) is 0 Å². The number of hydrogen-bond acceptors (Lipinski definition) is 4. The Balaban J connectivity index is 1.72. The molecule has 0 bridgehead atoms. The van der Waals surface area contributed by atoms with Crippen LogP contribution in [0.25, 0.3) is 0 Å². The highest BCUT2D eigenvalue weighted by molar-refractivity contribution is 5.78. The van der Waals surface area contributed by atoms with E-state index in [4.69, 9.17) is 9.84 Å². The standard InChI is InChI=1S/C17H28N2O5/c1-2-24-16(21)14-4-3-9-19(12-14)15(20)6-5-13-7-10-18(11-8-13)17(22)23/h13-14H,2-12H2,1H3,(H,22,23). The molecule has 2 fully saturated rings. The Bertz CT molecular complexity index is 460. The summed E-state index contributed by atoms with van der Waals surface area (Å²) in [7, 11) is 0. The molecule has 7 nitrogen and oxygen atoms in total. The summed E-state index contributed by atoms with van der Waals surface area (Å²) in [5, 5.41) is 8.95. The maximum absolute atomic E-state index is 12.4. The quantitative estimate of drug-likeness (QED) is 0.773. The van der Waals surface area contributed by atoms with E-state index >= 15 is 0 Å². The zero-order valence-corrected chi connectivity index (χ0v) is 14.4. The number of ether oxygens (including phenoxy) is 1. The topological polar surface area (TPSA) is 87.2 Å². The van der Waals surface area contributed by atoms with Gasteiger partial charge in [-0.3, -0.25) is 9.59 Å². The van der Waals surface area contributed by atoms with Crippen molar-refractivity contribution in [2.75, 3.05) is 32.8 Å². The second kappa shape index (κ2) is 8.89. The van der Waals surface area contributed by atoms with Crippen LogP contribution in [0, 0.1) is 11.8 Å². The maximum Gasteiger partial charge on any atom is 0.407 e. The van der Waals surface area contributed by atoms with Crippen molar-refractivity contribution >= 4 is 18.0 Å². The molecular formula is C17H28N2O5. The third-order valence-corrected chi connectivity index (χ3v) is 5.05. The molecule has 0 aromatic carbocycles. The van der Waals surface area contributed by atoms with Crippen molar-refractivity contribution in [3.8, 4) is 0 Å². The molecule has 0 aromatic rings. The SMILES string of the molecule is CCOC(=O)C1CCCN(C(=O)CCC2CCN(C(=O)O)CC2)C1. The number of piperidine rings is 2. The van der Waals surface area contributed by atoms with Crippen LogP contribution in [-0.2, 0) is 14.3 Å². The van der Waals surface area contributed by atoms with Gasteiger partial charge < -0.3 is 19.6 Å². The average Bonchev–Trinajstić information content (AvgIpc) is 2.60. The molecule has 2 rings (SSSR count). The Hall–Kier alpha value is -1.79. The largest absolute Gasteiger partial charge is 0.466 e. The second-order valence-corrected chi connectivity index (χ2v) is 6.68. The predicted molar refractivity (Wildman–Crippen MR) is 87.5 cm³/mol. The summed E-state index contributed by atoms with van der Waals surface area (Å²) in [4.78, 5) is 38.4. The van der Waals surface area contributed by atoms with Gasteiger partial charge in [0, 0.05) is 32.6 Å². The number of carbonyl (C=O) groups is 3. The van der Waals surface area contributed by atoms with Crippen LogP contribution < -0.4 is 0 Å². The number of likely N-dealkylation sites (tertiary alicyclic amines) is 2. The number of carboxylic acid groups (broad SMARTS) is 1. The van der Waals surface area contributed by atoms with Crippen molar-refractivity contribution in [3.05, 3.63) is 0 Å². The second-order valence-electron chi connectivity index (χ2n) is 6.68. The minimum absolute atomic E-state index is 0.102. The number of carbonyl (C=O) groups excluding carboxylic acids is 2. The highest BCUT2D eigenvalue weighted by Gasteiger charge is 2.30. The molecule has 1 atom stereocenters. The lowest BCUT2D eigenvalue weighted by molar-refractivity contribution is -0.151. The van der Waals surface area contributed by atoms with Crippen molar-refractivity contribution in [2.24, 2.45) is 11.8 Å². The van der Waals surface area contributed by atoms with E-state index < -0.39 is 6.09 Å². The predicted octanol–water partition coefficient (Wildman–Crippen LogP) is 1.96. The fourth-order valence-corrected chi connectivity index (χ4v) is 3.55. The first-order valence-corrected chi connectivity index (χ1v) is 8.93. The number of nitrogens with zero attached hydrogens (tertiary/aromatic N) is 2. The molecule has 1 N–H and O–H groups in total. The molecule has 136 valence electrons. The number of esters is 1. The molecule has 0 aliphatic carbocycles. The van der Waals surface area contributed by atoms with Crippen LogP contribution in [0.2, 0.25) is 0 Å². The molecule has 0 radical (unpaired) electrons. The van der Waals surface area contributed by atoms with E-state index in [0.29, 0.717) is 45.1 Å². The van der Waals surface area contributed by atoms with Crippen LogP contribution in [0.3, 0.4) is 0 Å². The van der Waals surface area contributed by atoms with Crippen molar-refractivity contribution in [2.45, 2.75) is 45.4 Å². The van der Waals surface area contributed by atoms with Gasteiger partial charge in [0.05, 0.1) is 12.5 Å². The monoisotopic (exact) mass is 340 g/mol. The van der Waals surface area contributed by atoms with Gasteiger partial charge >= 0.3 is 12.1 Å². The van der Waals surface area contributed by atoms with E-state index in [1.165, 1.54) is 4.90 Å². The zero-order valence-electron chi connectivity index (χ0n) is 14.4. The van der Waals surface area contributed by atoms with Gasteiger partial charge in [-0.2, -0.15) is 0 Å². The van der Waals surface area contributed by atoms with E-state index in [0.717, 1.165) is 32.1 Å². The number of amides is 2. The number of rotatable bonds is 5. The summed E-state index contributed by atoms with van der Waals surface area (Å²) in [5.41, 5.74) is 0. The first kappa shape index (κ1) is 18.5. The summed E-state index contributed by atoms with van der Waals surface area (Å²) < 4.78 is 5.06. The van der Waals surface area contributed by atoms with Crippen molar-refractivity contribution in [1.82, 2.24) is 9.80 Å². The molecule has 0 aromatic heterocycles. The van der Waals surface area contributed by atoms with Crippen LogP contribution in [0.4, 0.5) is 4.79 Å². The lowest BCUT2D eigenvalue weighted by atomic mass is 9.91. The van der Waals surface area contributed by atoms with Gasteiger partial charge in [0.1, 0.15) is 0 Å². The fourth-order valence-electron chi connectivity index (χ4n) is 3.55. The molecule has 0 spiro atoms. The normalized spacial score (nSPS) is 22.3. The van der Waals surface area contributed by atoms with Gasteiger partial charge in [-0.25, -0.2) is 4.79 Å². The van der Waals surface area contributed by atoms with Crippen LogP contribution >= 0.6 is 0 Å². The van der Waals surface area contributed by atoms with E-state index in [9.17, 15) is 14.4 Å². The molecule has 0 saturated carbocycles. The lowest BCUT2D eigenvalue weighted by Gasteiger charge is -2.33. The summed E-state index contributed by atoms with van der Waals surface area (Å²) in [6.45, 7) is 4.46. The average molecular weight is 340 g/mol. The number of hydrogen-bond donors (Lipinski definition) is 1. The molecular weight excluding hydrogens is 312 g/mol. The van der Waals surface area contributed by atoms with E-state index in [-0.39, 0.29) is 17.8 Å². The Morgan fingerprint density at radius 1 is 1.08 bits per heavy atom. The first-order valence-electron chi connectivity index (χ1n) is 8.93. The molecule has 2 amide bonds. The van der Waals surface area contributed by atoms with E-state index in [1.54, 1.807) is 11.8 Å². The Morgan fingerprint density at radius 2 is 1.79 bits per heavy atom. The summed E-state index contributed by atoms with van der Waals surface area (Å²) in [6.07, 6.45) is 3.70. The molecule has 24 heavy (non-hydrogen) atoms. The minimum atomic E-state index is -0.858. The summed E-state index contributed by atoms with van der Waals surface area (Å²) in [6, 6.07) is 0. The first-order chi connectivity index (χ1) is 11.5. The maximum atomic E-state index is 12.4. The van der Waals surface area contributed by atoms with Gasteiger partial charge in [0.15, 0.2) is 0 Å². The summed E-state index contributed by atoms with van der Waals surface area (Å²) in [5.74, 6) is 0.123. The zero-order chi connectivity index (χ0) is 17.5. The Labute approximate surface area is 142 Å². The molecule has 2 aliphatic rings. The third kappa shape index (κ3) is 5.11. The molecule has 7 heteroatoms. The minimum Gasteiger partial charge on any atom is -0.466 e. The van der Waals surface area contributed by atoms with Crippen LogP contribution in [0.15, 0.2) is 0 Å². The molecule has 2 aliphatic heterocycles. The molecule has 2 saturated heterocycles. The Kier molecular flexibility index (Phi) is 6.87. The van der Waals surface area contributed by atoms with Crippen molar-refractivity contribution in [3.63, 3.8) is 0 Å². The smallest absolute Gasteiger partial charge is 0.407 e. The highest BCUT2D eigenvalue weighted by Crippen LogP contribution is 2.24. The van der Waals surface area contributed by atoms with Gasteiger partial charge in [-0.05, 0) is 44.9 Å².